The van der Waals surface area contributed by atoms with Crippen molar-refractivity contribution in [1.29, 1.82) is 0 Å². The van der Waals surface area contributed by atoms with Crippen molar-refractivity contribution >= 4 is 6.29 Å². The van der Waals surface area contributed by atoms with Crippen LogP contribution in [0.25, 0.3) is 11.1 Å². The van der Waals surface area contributed by atoms with Crippen LogP contribution in [-0.4, -0.2) is 6.29 Å². The number of halogens is 1. The van der Waals surface area contributed by atoms with E-state index in [1.54, 1.807) is 0 Å². The van der Waals surface area contributed by atoms with Gasteiger partial charge in [0, 0.05) is 5.56 Å². The second-order valence-corrected chi connectivity index (χ2v) is 4.33. The Balaban J connectivity index is 2.14. The van der Waals surface area contributed by atoms with E-state index in [9.17, 15) is 9.18 Å². The number of aldehydes is 1. The molecular formula is C15H11FO2. The molecule has 0 aliphatic carbocycles. The van der Waals surface area contributed by atoms with Gasteiger partial charge in [-0.05, 0) is 46.5 Å². The first-order chi connectivity index (χ1) is 8.78. The Morgan fingerprint density at radius 1 is 1.06 bits per heavy atom. The summed E-state index contributed by atoms with van der Waals surface area (Å²) in [5.74, 6) is -0.340. The first-order valence-electron chi connectivity index (χ1n) is 5.72. The number of fused-ring (bicyclic) bond motifs is 1. The van der Waals surface area contributed by atoms with Crippen LogP contribution in [0.15, 0.2) is 36.4 Å². The molecule has 1 aliphatic rings. The molecule has 90 valence electrons. The zero-order valence-corrected chi connectivity index (χ0v) is 9.65. The van der Waals surface area contributed by atoms with E-state index in [1.165, 1.54) is 18.2 Å². The summed E-state index contributed by atoms with van der Waals surface area (Å²) in [5.41, 5.74) is 4.23. The van der Waals surface area contributed by atoms with Crippen LogP contribution >= 0.6 is 0 Å². The number of carbonyl (C=O) groups is 1. The Morgan fingerprint density at radius 2 is 1.89 bits per heavy atom. The molecule has 0 atom stereocenters. The maximum absolute atomic E-state index is 13.3. The van der Waals surface area contributed by atoms with Crippen LogP contribution in [0.3, 0.4) is 0 Å². The standard InChI is InChI=1S/C15H11FO2/c16-14-4-3-11(7-17)15(6-14)10-1-2-12-8-18-9-13(12)5-10/h1-7H,8-9H2. The molecule has 0 saturated carbocycles. The minimum absolute atomic E-state index is 0.340. The topological polar surface area (TPSA) is 26.3 Å². The van der Waals surface area contributed by atoms with Crippen LogP contribution in [0.1, 0.15) is 21.5 Å². The number of carbonyl (C=O) groups excluding carboxylic acids is 1. The lowest BCUT2D eigenvalue weighted by Crippen LogP contribution is -1.91. The lowest BCUT2D eigenvalue weighted by molar-refractivity contribution is 0.112. The Labute approximate surface area is 104 Å². The van der Waals surface area contributed by atoms with Gasteiger partial charge in [-0.1, -0.05) is 12.1 Å². The van der Waals surface area contributed by atoms with Gasteiger partial charge in [0.15, 0.2) is 6.29 Å². The fourth-order valence-corrected chi connectivity index (χ4v) is 2.22. The van der Waals surface area contributed by atoms with Gasteiger partial charge in [-0.2, -0.15) is 0 Å². The van der Waals surface area contributed by atoms with E-state index in [2.05, 4.69) is 0 Å². The monoisotopic (exact) mass is 242 g/mol. The molecule has 1 heterocycles. The van der Waals surface area contributed by atoms with E-state index in [-0.39, 0.29) is 5.82 Å². The van der Waals surface area contributed by atoms with Crippen molar-refractivity contribution in [3.63, 3.8) is 0 Å². The van der Waals surface area contributed by atoms with Crippen molar-refractivity contribution in [2.75, 3.05) is 0 Å². The third-order valence-electron chi connectivity index (χ3n) is 3.17. The zero-order chi connectivity index (χ0) is 12.5. The molecule has 0 fully saturated rings. The highest BCUT2D eigenvalue weighted by Gasteiger charge is 2.13. The molecule has 0 N–H and O–H groups in total. The molecule has 2 nitrogen and oxygen atoms in total. The maximum atomic E-state index is 13.3. The Hall–Kier alpha value is -2.00. The third kappa shape index (κ3) is 1.83. The summed E-state index contributed by atoms with van der Waals surface area (Å²) in [5, 5.41) is 0. The molecule has 1 aliphatic heterocycles. The van der Waals surface area contributed by atoms with E-state index >= 15 is 0 Å². The Bertz CT molecular complexity index is 620. The average Bonchev–Trinajstić information content (AvgIpc) is 2.85. The van der Waals surface area contributed by atoms with Crippen LogP contribution in [0.5, 0.6) is 0 Å². The van der Waals surface area contributed by atoms with E-state index < -0.39 is 0 Å². The number of hydrogen-bond acceptors (Lipinski definition) is 2. The molecule has 0 radical (unpaired) electrons. The predicted octanol–water partition coefficient (Wildman–Crippen LogP) is 3.34. The quantitative estimate of drug-likeness (QED) is 0.755. The van der Waals surface area contributed by atoms with E-state index in [1.807, 2.05) is 18.2 Å². The molecule has 0 bridgehead atoms. The van der Waals surface area contributed by atoms with Gasteiger partial charge < -0.3 is 4.74 Å². The molecule has 0 amide bonds. The maximum Gasteiger partial charge on any atom is 0.150 e. The largest absolute Gasteiger partial charge is 0.372 e. The molecule has 0 spiro atoms. The van der Waals surface area contributed by atoms with Gasteiger partial charge in [-0.3, -0.25) is 4.79 Å². The van der Waals surface area contributed by atoms with Crippen molar-refractivity contribution in [2.45, 2.75) is 13.2 Å². The van der Waals surface area contributed by atoms with Gasteiger partial charge in [-0.15, -0.1) is 0 Å². The number of benzene rings is 2. The molecule has 0 unspecified atom stereocenters. The summed E-state index contributed by atoms with van der Waals surface area (Å²) in [6.45, 7) is 1.20. The van der Waals surface area contributed by atoms with Crippen LogP contribution < -0.4 is 0 Å². The fourth-order valence-electron chi connectivity index (χ4n) is 2.22. The molecule has 0 saturated heterocycles. The van der Waals surface area contributed by atoms with Crippen molar-refractivity contribution < 1.29 is 13.9 Å². The first kappa shape index (κ1) is 11.1. The Kier molecular flexibility index (Phi) is 2.68. The molecule has 18 heavy (non-hydrogen) atoms. The number of rotatable bonds is 2. The minimum Gasteiger partial charge on any atom is -0.372 e. The lowest BCUT2D eigenvalue weighted by atomic mass is 9.97. The minimum atomic E-state index is -0.340. The predicted molar refractivity (Wildman–Crippen MR) is 65.7 cm³/mol. The lowest BCUT2D eigenvalue weighted by Gasteiger charge is -2.07. The van der Waals surface area contributed by atoms with Crippen LogP contribution in [0.4, 0.5) is 4.39 Å². The van der Waals surface area contributed by atoms with Gasteiger partial charge >= 0.3 is 0 Å². The summed E-state index contributed by atoms with van der Waals surface area (Å²) in [7, 11) is 0. The Morgan fingerprint density at radius 3 is 2.72 bits per heavy atom. The summed E-state index contributed by atoms with van der Waals surface area (Å²) >= 11 is 0. The molecule has 2 aromatic rings. The summed E-state index contributed by atoms with van der Waals surface area (Å²) in [6, 6.07) is 10.0. The molecule has 3 rings (SSSR count). The van der Waals surface area contributed by atoms with Crippen molar-refractivity contribution in [3.8, 4) is 11.1 Å². The van der Waals surface area contributed by atoms with Gasteiger partial charge in [-0.25, -0.2) is 4.39 Å². The van der Waals surface area contributed by atoms with Crippen molar-refractivity contribution in [3.05, 3.63) is 58.9 Å². The smallest absolute Gasteiger partial charge is 0.150 e. The number of hydrogen-bond donors (Lipinski definition) is 0. The molecule has 0 aromatic heterocycles. The molecule has 2 aromatic carbocycles. The van der Waals surface area contributed by atoms with Gasteiger partial charge in [0.05, 0.1) is 13.2 Å². The van der Waals surface area contributed by atoms with E-state index in [0.717, 1.165) is 23.0 Å². The summed E-state index contributed by atoms with van der Waals surface area (Å²) < 4.78 is 18.6. The molecule has 3 heteroatoms. The highest BCUT2D eigenvalue weighted by Crippen LogP contribution is 2.29. The highest BCUT2D eigenvalue weighted by atomic mass is 19.1. The second kappa shape index (κ2) is 4.35. The van der Waals surface area contributed by atoms with Crippen molar-refractivity contribution in [2.24, 2.45) is 0 Å². The second-order valence-electron chi connectivity index (χ2n) is 4.33. The van der Waals surface area contributed by atoms with Crippen LogP contribution in [-0.2, 0) is 18.0 Å². The van der Waals surface area contributed by atoms with Crippen molar-refractivity contribution in [1.82, 2.24) is 0 Å². The first-order valence-corrected chi connectivity index (χ1v) is 5.72. The summed E-state index contributed by atoms with van der Waals surface area (Å²) in [4.78, 5) is 11.0. The molecular weight excluding hydrogens is 231 g/mol. The normalized spacial score (nSPS) is 13.4. The van der Waals surface area contributed by atoms with E-state index in [0.29, 0.717) is 24.3 Å². The summed E-state index contributed by atoms with van der Waals surface area (Å²) in [6.07, 6.45) is 0.749. The fraction of sp³-hybridized carbons (Fsp3) is 0.133. The third-order valence-corrected chi connectivity index (χ3v) is 3.17. The number of ether oxygens (including phenoxy) is 1. The SMILES string of the molecule is O=Cc1ccc(F)cc1-c1ccc2c(c1)COC2. The van der Waals surface area contributed by atoms with Gasteiger partial charge in [0.2, 0.25) is 0 Å². The van der Waals surface area contributed by atoms with Crippen LogP contribution in [0.2, 0.25) is 0 Å². The zero-order valence-electron chi connectivity index (χ0n) is 9.65. The van der Waals surface area contributed by atoms with Crippen LogP contribution in [0, 0.1) is 5.82 Å². The average molecular weight is 242 g/mol. The van der Waals surface area contributed by atoms with E-state index in [4.69, 9.17) is 4.74 Å². The van der Waals surface area contributed by atoms with Gasteiger partial charge in [0.1, 0.15) is 5.82 Å². The van der Waals surface area contributed by atoms with Gasteiger partial charge in [0.25, 0.3) is 0 Å². The highest BCUT2D eigenvalue weighted by molar-refractivity contribution is 5.87.